The molecular formula is C29H26N2O3S. The lowest BCUT2D eigenvalue weighted by molar-refractivity contribution is -0.116. The molecule has 35 heavy (non-hydrogen) atoms. The normalized spacial score (nSPS) is 16.3. The molecule has 0 radical (unpaired) electrons. The number of hydrogen-bond donors (Lipinski definition) is 2. The monoisotopic (exact) mass is 482 g/mol. The molecule has 0 aliphatic carbocycles. The summed E-state index contributed by atoms with van der Waals surface area (Å²) in [7, 11) is 1.64. The van der Waals surface area contributed by atoms with Crippen LogP contribution in [-0.4, -0.2) is 18.5 Å². The lowest BCUT2D eigenvalue weighted by Crippen LogP contribution is -2.31. The summed E-state index contributed by atoms with van der Waals surface area (Å²) in [6.45, 7) is 2.52. The van der Waals surface area contributed by atoms with Crippen molar-refractivity contribution in [2.45, 2.75) is 19.0 Å². The van der Waals surface area contributed by atoms with Crippen LogP contribution in [0.3, 0.4) is 0 Å². The van der Waals surface area contributed by atoms with E-state index in [-0.39, 0.29) is 11.4 Å². The molecule has 1 amide bonds. The van der Waals surface area contributed by atoms with Crippen molar-refractivity contribution in [1.29, 1.82) is 0 Å². The minimum atomic E-state index is -0.271. The third-order valence-electron chi connectivity index (χ3n) is 5.82. The Morgan fingerprint density at radius 3 is 2.63 bits per heavy atom. The molecule has 5 rings (SSSR count). The summed E-state index contributed by atoms with van der Waals surface area (Å²) in [5.74, 6) is 1.42. The van der Waals surface area contributed by atoms with E-state index in [1.165, 1.54) is 22.5 Å². The summed E-state index contributed by atoms with van der Waals surface area (Å²) in [6.07, 6.45) is 1.89. The Labute approximate surface area is 209 Å². The quantitative estimate of drug-likeness (QED) is 0.301. The van der Waals surface area contributed by atoms with Gasteiger partial charge in [0.25, 0.3) is 5.91 Å². The number of benzene rings is 4. The number of thioether (sulfide) groups is 1. The molecule has 1 fully saturated rings. The van der Waals surface area contributed by atoms with Crippen LogP contribution in [0.1, 0.15) is 16.7 Å². The van der Waals surface area contributed by atoms with Gasteiger partial charge >= 0.3 is 0 Å². The van der Waals surface area contributed by atoms with Crippen molar-refractivity contribution < 1.29 is 14.3 Å². The van der Waals surface area contributed by atoms with Crippen LogP contribution >= 0.6 is 11.8 Å². The molecule has 1 aliphatic heterocycles. The maximum absolute atomic E-state index is 12.5. The molecule has 1 atom stereocenters. The zero-order valence-electron chi connectivity index (χ0n) is 19.6. The third-order valence-corrected chi connectivity index (χ3v) is 6.85. The number of methoxy groups -OCH3 is 1. The fraction of sp³-hybridized carbons (Fsp3) is 0.138. The van der Waals surface area contributed by atoms with Crippen molar-refractivity contribution >= 4 is 40.2 Å². The summed E-state index contributed by atoms with van der Waals surface area (Å²) >= 11 is 1.45. The van der Waals surface area contributed by atoms with Crippen LogP contribution in [0.25, 0.3) is 16.8 Å². The van der Waals surface area contributed by atoms with Crippen LogP contribution in [0, 0.1) is 6.92 Å². The van der Waals surface area contributed by atoms with Crippen LogP contribution < -0.4 is 20.1 Å². The number of nitrogens with one attached hydrogen (secondary N) is 2. The Hall–Kier alpha value is -3.90. The van der Waals surface area contributed by atoms with E-state index in [1.807, 2.05) is 67.6 Å². The zero-order valence-corrected chi connectivity index (χ0v) is 20.4. The van der Waals surface area contributed by atoms with Crippen molar-refractivity contribution in [2.24, 2.45) is 0 Å². The SMILES string of the molecule is COc1ccc(C)cc1NC1NC(=O)/C(=C/c2ccc(OCc3cccc4ccccc34)cc2)S1. The molecule has 4 aromatic rings. The first-order valence-electron chi connectivity index (χ1n) is 11.4. The lowest BCUT2D eigenvalue weighted by Gasteiger charge is -2.16. The molecule has 2 N–H and O–H groups in total. The molecule has 0 aromatic heterocycles. The van der Waals surface area contributed by atoms with Crippen molar-refractivity contribution in [2.75, 3.05) is 12.4 Å². The van der Waals surface area contributed by atoms with Gasteiger partial charge in [-0.1, -0.05) is 72.4 Å². The second-order valence-electron chi connectivity index (χ2n) is 8.32. The number of amides is 1. The second kappa shape index (κ2) is 10.2. The Morgan fingerprint density at radius 2 is 1.80 bits per heavy atom. The van der Waals surface area contributed by atoms with Gasteiger partial charge in [0.1, 0.15) is 18.1 Å². The highest BCUT2D eigenvalue weighted by Gasteiger charge is 2.27. The molecule has 0 bridgehead atoms. The summed E-state index contributed by atoms with van der Waals surface area (Å²) in [6, 6.07) is 28.3. The number of anilines is 1. The maximum atomic E-state index is 12.5. The van der Waals surface area contributed by atoms with E-state index >= 15 is 0 Å². The number of aryl methyl sites for hydroxylation is 1. The molecule has 1 saturated heterocycles. The molecule has 1 heterocycles. The third kappa shape index (κ3) is 5.28. The predicted molar refractivity (Wildman–Crippen MR) is 144 cm³/mol. The number of fused-ring (bicyclic) bond motifs is 1. The van der Waals surface area contributed by atoms with Crippen molar-refractivity contribution in [1.82, 2.24) is 5.32 Å². The molecule has 5 nitrogen and oxygen atoms in total. The summed E-state index contributed by atoms with van der Waals surface area (Å²) < 4.78 is 11.5. The predicted octanol–water partition coefficient (Wildman–Crippen LogP) is 6.34. The first kappa shape index (κ1) is 22.9. The van der Waals surface area contributed by atoms with E-state index in [4.69, 9.17) is 9.47 Å². The van der Waals surface area contributed by atoms with E-state index in [2.05, 4.69) is 41.0 Å². The van der Waals surface area contributed by atoms with Crippen LogP contribution in [0.2, 0.25) is 0 Å². The fourth-order valence-corrected chi connectivity index (χ4v) is 5.01. The molecule has 0 spiro atoms. The van der Waals surface area contributed by atoms with E-state index in [9.17, 15) is 4.79 Å². The number of rotatable bonds is 7. The van der Waals surface area contributed by atoms with Crippen molar-refractivity contribution in [3.63, 3.8) is 0 Å². The van der Waals surface area contributed by atoms with Crippen molar-refractivity contribution in [3.8, 4) is 11.5 Å². The summed E-state index contributed by atoms with van der Waals surface area (Å²) in [4.78, 5) is 13.2. The molecule has 6 heteroatoms. The van der Waals surface area contributed by atoms with Gasteiger partial charge in [0.05, 0.1) is 17.7 Å². The highest BCUT2D eigenvalue weighted by Crippen LogP contribution is 2.33. The molecule has 0 saturated carbocycles. The van der Waals surface area contributed by atoms with Gasteiger partial charge < -0.3 is 20.1 Å². The fourth-order valence-electron chi connectivity index (χ4n) is 4.03. The topological polar surface area (TPSA) is 59.6 Å². The molecule has 1 aliphatic rings. The van der Waals surface area contributed by atoms with E-state index in [0.717, 1.165) is 33.9 Å². The van der Waals surface area contributed by atoms with Gasteiger partial charge in [-0.2, -0.15) is 0 Å². The maximum Gasteiger partial charge on any atom is 0.260 e. The van der Waals surface area contributed by atoms with E-state index < -0.39 is 0 Å². The second-order valence-corrected chi connectivity index (χ2v) is 9.47. The Morgan fingerprint density at radius 1 is 1.00 bits per heavy atom. The van der Waals surface area contributed by atoms with Gasteiger partial charge in [-0.3, -0.25) is 4.79 Å². The van der Waals surface area contributed by atoms with Crippen LogP contribution in [0.4, 0.5) is 5.69 Å². The minimum absolute atomic E-state index is 0.101. The number of carbonyl (C=O) groups excluding carboxylic acids is 1. The largest absolute Gasteiger partial charge is 0.495 e. The Bertz CT molecular complexity index is 1390. The van der Waals surface area contributed by atoms with Gasteiger partial charge in [0, 0.05) is 0 Å². The average Bonchev–Trinajstić information content (AvgIpc) is 3.22. The summed E-state index contributed by atoms with van der Waals surface area (Å²) in [5.41, 5.74) is 3.78. The average molecular weight is 483 g/mol. The highest BCUT2D eigenvalue weighted by molar-refractivity contribution is 8.05. The van der Waals surface area contributed by atoms with Crippen LogP contribution in [0.15, 0.2) is 89.8 Å². The molecule has 176 valence electrons. The number of carbonyl (C=O) groups is 1. The Balaban J connectivity index is 1.23. The van der Waals surface area contributed by atoms with Gasteiger partial charge in [0.15, 0.2) is 5.50 Å². The van der Waals surface area contributed by atoms with Gasteiger partial charge in [0.2, 0.25) is 0 Å². The molecule has 4 aromatic carbocycles. The summed E-state index contributed by atoms with van der Waals surface area (Å²) in [5, 5.41) is 8.73. The number of hydrogen-bond acceptors (Lipinski definition) is 5. The smallest absolute Gasteiger partial charge is 0.260 e. The van der Waals surface area contributed by atoms with Crippen LogP contribution in [-0.2, 0) is 11.4 Å². The van der Waals surface area contributed by atoms with E-state index in [0.29, 0.717) is 11.5 Å². The zero-order chi connectivity index (χ0) is 24.2. The highest BCUT2D eigenvalue weighted by atomic mass is 32.2. The Kier molecular flexibility index (Phi) is 6.64. The first-order chi connectivity index (χ1) is 17.1. The standard InChI is InChI=1S/C29H26N2O3S/c1-19-10-15-26(33-2)25(16-19)30-29-31-28(32)27(35-29)17-20-11-13-23(14-12-20)34-18-22-8-5-7-21-6-3-4-9-24(21)22/h3-17,29-30H,18H2,1-2H3,(H,31,32)/b27-17-. The van der Waals surface area contributed by atoms with Crippen molar-refractivity contribution in [3.05, 3.63) is 107 Å². The van der Waals surface area contributed by atoms with Gasteiger partial charge in [-0.25, -0.2) is 0 Å². The minimum Gasteiger partial charge on any atom is -0.495 e. The molecular weight excluding hydrogens is 456 g/mol. The molecule has 1 unspecified atom stereocenters. The van der Waals surface area contributed by atoms with Gasteiger partial charge in [-0.05, 0) is 64.7 Å². The van der Waals surface area contributed by atoms with Gasteiger partial charge in [-0.15, -0.1) is 0 Å². The van der Waals surface area contributed by atoms with E-state index in [1.54, 1.807) is 7.11 Å². The number of ether oxygens (including phenoxy) is 2. The first-order valence-corrected chi connectivity index (χ1v) is 12.3. The lowest BCUT2D eigenvalue weighted by atomic mass is 10.1. The van der Waals surface area contributed by atoms with Crippen LogP contribution in [0.5, 0.6) is 11.5 Å².